The molecule has 1 aliphatic rings. The van der Waals surface area contributed by atoms with Crippen molar-refractivity contribution in [2.75, 3.05) is 13.6 Å². The number of hydrogen-bond donors (Lipinski definition) is 1. The molecule has 1 fully saturated rings. The van der Waals surface area contributed by atoms with Crippen molar-refractivity contribution in [2.24, 2.45) is 11.1 Å². The number of nitrogens with zero attached hydrogens (tertiary/aromatic N) is 1. The van der Waals surface area contributed by atoms with Crippen LogP contribution in [0.15, 0.2) is 24.3 Å². The van der Waals surface area contributed by atoms with Gasteiger partial charge in [-0.25, -0.2) is 0 Å². The van der Waals surface area contributed by atoms with E-state index in [1.807, 2.05) is 31.3 Å². The molecule has 19 heavy (non-hydrogen) atoms. The van der Waals surface area contributed by atoms with Crippen LogP contribution in [0.3, 0.4) is 0 Å². The molecule has 0 heterocycles. The molecule has 1 saturated carbocycles. The zero-order chi connectivity index (χ0) is 13.9. The number of benzene rings is 1. The van der Waals surface area contributed by atoms with E-state index in [2.05, 4.69) is 0 Å². The molecule has 0 bridgehead atoms. The Morgan fingerprint density at radius 3 is 2.63 bits per heavy atom. The zero-order valence-corrected chi connectivity index (χ0v) is 12.1. The largest absolute Gasteiger partial charge is 0.341 e. The SMILES string of the molecule is CN(Cc1ccccc1Cl)C(=O)CC1(CN)CCC1. The average Bonchev–Trinajstić information content (AvgIpc) is 2.36. The Hall–Kier alpha value is -1.06. The summed E-state index contributed by atoms with van der Waals surface area (Å²) >= 11 is 6.11. The molecule has 2 N–H and O–H groups in total. The first kappa shape index (κ1) is 14.4. The van der Waals surface area contributed by atoms with Gasteiger partial charge >= 0.3 is 0 Å². The monoisotopic (exact) mass is 280 g/mol. The van der Waals surface area contributed by atoms with Gasteiger partial charge in [-0.1, -0.05) is 36.2 Å². The standard InChI is InChI=1S/C15H21ClN2O/c1-18(10-12-5-2-3-6-13(12)16)14(19)9-15(11-17)7-4-8-15/h2-3,5-6H,4,7-11,17H2,1H3. The Balaban J connectivity index is 1.94. The van der Waals surface area contributed by atoms with Gasteiger partial charge in [-0.05, 0) is 36.4 Å². The lowest BCUT2D eigenvalue weighted by atomic mass is 9.66. The smallest absolute Gasteiger partial charge is 0.223 e. The lowest BCUT2D eigenvalue weighted by molar-refractivity contribution is -0.134. The fraction of sp³-hybridized carbons (Fsp3) is 0.533. The predicted molar refractivity (Wildman–Crippen MR) is 77.9 cm³/mol. The molecule has 2 rings (SSSR count). The minimum absolute atomic E-state index is 0.0613. The van der Waals surface area contributed by atoms with Crippen LogP contribution in [0.5, 0.6) is 0 Å². The number of amides is 1. The highest BCUT2D eigenvalue weighted by atomic mass is 35.5. The van der Waals surface area contributed by atoms with Crippen LogP contribution in [0.4, 0.5) is 0 Å². The highest BCUT2D eigenvalue weighted by molar-refractivity contribution is 6.31. The van der Waals surface area contributed by atoms with Gasteiger partial charge in [0.2, 0.25) is 5.91 Å². The van der Waals surface area contributed by atoms with E-state index in [0.717, 1.165) is 18.4 Å². The number of nitrogens with two attached hydrogens (primary N) is 1. The fourth-order valence-corrected chi connectivity index (χ4v) is 2.75. The lowest BCUT2D eigenvalue weighted by Gasteiger charge is -2.41. The summed E-state index contributed by atoms with van der Waals surface area (Å²) in [6.07, 6.45) is 3.91. The minimum atomic E-state index is 0.0613. The summed E-state index contributed by atoms with van der Waals surface area (Å²) < 4.78 is 0. The second-order valence-electron chi connectivity index (χ2n) is 5.58. The van der Waals surface area contributed by atoms with Crippen molar-refractivity contribution >= 4 is 17.5 Å². The lowest BCUT2D eigenvalue weighted by Crippen LogP contribution is -2.42. The highest BCUT2D eigenvalue weighted by Crippen LogP contribution is 2.43. The summed E-state index contributed by atoms with van der Waals surface area (Å²) in [6, 6.07) is 7.63. The molecule has 4 heteroatoms. The molecule has 1 aliphatic carbocycles. The van der Waals surface area contributed by atoms with Crippen molar-refractivity contribution in [3.8, 4) is 0 Å². The maximum atomic E-state index is 12.3. The Morgan fingerprint density at radius 1 is 1.42 bits per heavy atom. The molecule has 0 spiro atoms. The maximum absolute atomic E-state index is 12.3. The van der Waals surface area contributed by atoms with Crippen molar-refractivity contribution in [3.63, 3.8) is 0 Å². The predicted octanol–water partition coefficient (Wildman–Crippen LogP) is 2.82. The summed E-state index contributed by atoms with van der Waals surface area (Å²) in [5.41, 5.74) is 6.85. The summed E-state index contributed by atoms with van der Waals surface area (Å²) in [7, 11) is 1.83. The van der Waals surface area contributed by atoms with Crippen LogP contribution in [0.2, 0.25) is 5.02 Å². The van der Waals surface area contributed by atoms with Crippen molar-refractivity contribution in [2.45, 2.75) is 32.2 Å². The molecule has 1 aromatic carbocycles. The summed E-state index contributed by atoms with van der Waals surface area (Å²) in [5.74, 6) is 0.157. The van der Waals surface area contributed by atoms with E-state index >= 15 is 0 Å². The third kappa shape index (κ3) is 3.28. The summed E-state index contributed by atoms with van der Waals surface area (Å²) in [5, 5.41) is 0.708. The third-order valence-corrected chi connectivity index (χ3v) is 4.53. The van der Waals surface area contributed by atoms with Gasteiger partial charge in [0.05, 0.1) is 0 Å². The van der Waals surface area contributed by atoms with Crippen LogP contribution < -0.4 is 5.73 Å². The number of halogens is 1. The van der Waals surface area contributed by atoms with Gasteiger partial charge < -0.3 is 10.6 Å². The Kier molecular flexibility index (Phi) is 4.48. The summed E-state index contributed by atoms with van der Waals surface area (Å²) in [4.78, 5) is 14.0. The molecule has 0 saturated heterocycles. The maximum Gasteiger partial charge on any atom is 0.223 e. The molecule has 1 aromatic rings. The van der Waals surface area contributed by atoms with Crippen LogP contribution in [-0.4, -0.2) is 24.4 Å². The fourth-order valence-electron chi connectivity index (χ4n) is 2.56. The molecule has 0 radical (unpaired) electrons. The number of carbonyl (C=O) groups excluding carboxylic acids is 1. The van der Waals surface area contributed by atoms with E-state index in [-0.39, 0.29) is 11.3 Å². The Labute approximate surface area is 119 Å². The van der Waals surface area contributed by atoms with E-state index in [1.165, 1.54) is 6.42 Å². The van der Waals surface area contributed by atoms with Gasteiger partial charge in [0.25, 0.3) is 0 Å². The second-order valence-corrected chi connectivity index (χ2v) is 5.98. The quantitative estimate of drug-likeness (QED) is 0.901. The van der Waals surface area contributed by atoms with E-state index in [0.29, 0.717) is 24.5 Å². The van der Waals surface area contributed by atoms with Gasteiger partial charge in [0.15, 0.2) is 0 Å². The second kappa shape index (κ2) is 5.93. The molecule has 3 nitrogen and oxygen atoms in total. The van der Waals surface area contributed by atoms with Gasteiger partial charge in [0.1, 0.15) is 0 Å². The minimum Gasteiger partial charge on any atom is -0.341 e. The molecule has 0 unspecified atom stereocenters. The molecule has 0 atom stereocenters. The van der Waals surface area contributed by atoms with Crippen LogP contribution >= 0.6 is 11.6 Å². The summed E-state index contributed by atoms with van der Waals surface area (Å²) in [6.45, 7) is 1.16. The van der Waals surface area contributed by atoms with E-state index in [4.69, 9.17) is 17.3 Å². The van der Waals surface area contributed by atoms with Crippen molar-refractivity contribution in [3.05, 3.63) is 34.9 Å². The molecule has 0 aromatic heterocycles. The van der Waals surface area contributed by atoms with Crippen LogP contribution in [0.25, 0.3) is 0 Å². The van der Waals surface area contributed by atoms with Crippen molar-refractivity contribution in [1.29, 1.82) is 0 Å². The Bertz CT molecular complexity index is 452. The number of carbonyl (C=O) groups is 1. The van der Waals surface area contributed by atoms with Crippen molar-refractivity contribution in [1.82, 2.24) is 4.90 Å². The first-order valence-electron chi connectivity index (χ1n) is 6.74. The van der Waals surface area contributed by atoms with Gasteiger partial charge in [-0.3, -0.25) is 4.79 Å². The number of hydrogen-bond acceptors (Lipinski definition) is 2. The topological polar surface area (TPSA) is 46.3 Å². The van der Waals surface area contributed by atoms with E-state index in [1.54, 1.807) is 4.90 Å². The molecular weight excluding hydrogens is 260 g/mol. The molecule has 1 amide bonds. The first-order valence-corrected chi connectivity index (χ1v) is 7.12. The van der Waals surface area contributed by atoms with Crippen molar-refractivity contribution < 1.29 is 4.79 Å². The first-order chi connectivity index (χ1) is 9.06. The van der Waals surface area contributed by atoms with Crippen LogP contribution in [-0.2, 0) is 11.3 Å². The zero-order valence-electron chi connectivity index (χ0n) is 11.4. The normalized spacial score (nSPS) is 16.8. The number of rotatable bonds is 5. The molecule has 0 aliphatic heterocycles. The van der Waals surface area contributed by atoms with Crippen LogP contribution in [0.1, 0.15) is 31.2 Å². The van der Waals surface area contributed by atoms with Gasteiger partial charge in [-0.2, -0.15) is 0 Å². The van der Waals surface area contributed by atoms with Crippen LogP contribution in [0, 0.1) is 5.41 Å². The van der Waals surface area contributed by atoms with Gasteiger partial charge in [-0.15, -0.1) is 0 Å². The highest BCUT2D eigenvalue weighted by Gasteiger charge is 2.38. The molecular formula is C15H21ClN2O. The third-order valence-electron chi connectivity index (χ3n) is 4.16. The molecule has 104 valence electrons. The van der Waals surface area contributed by atoms with E-state index in [9.17, 15) is 4.79 Å². The Morgan fingerprint density at radius 2 is 2.11 bits per heavy atom. The van der Waals surface area contributed by atoms with E-state index < -0.39 is 0 Å². The average molecular weight is 281 g/mol. The van der Waals surface area contributed by atoms with Gasteiger partial charge in [0, 0.05) is 25.0 Å².